The van der Waals surface area contributed by atoms with Crippen molar-refractivity contribution in [2.24, 2.45) is 0 Å². The Hall–Kier alpha value is -1.70. The van der Waals surface area contributed by atoms with Crippen molar-refractivity contribution in [2.45, 2.75) is 39.7 Å². The molecule has 0 N–H and O–H groups in total. The van der Waals surface area contributed by atoms with E-state index in [0.29, 0.717) is 6.61 Å². The lowest BCUT2D eigenvalue weighted by Gasteiger charge is -2.25. The summed E-state index contributed by atoms with van der Waals surface area (Å²) in [5.41, 5.74) is -0.628. The monoisotopic (exact) mass is 255 g/mol. The SMILES string of the molecule is C#CCN(CC(=O)OCCC)C(=O)OC(C)(C)C. The van der Waals surface area contributed by atoms with Crippen molar-refractivity contribution in [1.82, 2.24) is 4.90 Å². The number of hydrogen-bond acceptors (Lipinski definition) is 4. The molecule has 0 rings (SSSR count). The van der Waals surface area contributed by atoms with Gasteiger partial charge in [0.25, 0.3) is 0 Å². The van der Waals surface area contributed by atoms with Crippen LogP contribution in [0.4, 0.5) is 4.79 Å². The largest absolute Gasteiger partial charge is 0.464 e. The van der Waals surface area contributed by atoms with Crippen LogP contribution in [0.1, 0.15) is 34.1 Å². The number of esters is 1. The van der Waals surface area contributed by atoms with Crippen LogP contribution in [0.5, 0.6) is 0 Å². The van der Waals surface area contributed by atoms with E-state index in [1.807, 2.05) is 6.92 Å². The standard InChI is InChI=1S/C13H21NO4/c1-6-8-14(10-11(15)17-9-7-2)12(16)18-13(3,4)5/h1H,7-10H2,2-5H3. The van der Waals surface area contributed by atoms with Gasteiger partial charge in [-0.2, -0.15) is 0 Å². The summed E-state index contributed by atoms with van der Waals surface area (Å²) in [4.78, 5) is 24.3. The van der Waals surface area contributed by atoms with Crippen LogP contribution in [-0.4, -0.2) is 42.3 Å². The molecule has 0 aromatic carbocycles. The summed E-state index contributed by atoms with van der Waals surface area (Å²) >= 11 is 0. The van der Waals surface area contributed by atoms with Crippen LogP contribution < -0.4 is 0 Å². The van der Waals surface area contributed by atoms with Crippen LogP contribution in [-0.2, 0) is 14.3 Å². The first-order valence-corrected chi connectivity index (χ1v) is 5.87. The Morgan fingerprint density at radius 3 is 2.39 bits per heavy atom. The second-order valence-corrected chi connectivity index (χ2v) is 4.76. The molecule has 0 aliphatic rings. The molecule has 0 spiro atoms. The maximum atomic E-state index is 11.8. The molecule has 0 fully saturated rings. The lowest BCUT2D eigenvalue weighted by atomic mass is 10.2. The molecule has 1 amide bonds. The van der Waals surface area contributed by atoms with Gasteiger partial charge in [-0.05, 0) is 27.2 Å². The molecule has 0 aliphatic heterocycles. The average Bonchev–Trinajstić information content (AvgIpc) is 2.23. The van der Waals surface area contributed by atoms with E-state index >= 15 is 0 Å². The summed E-state index contributed by atoms with van der Waals surface area (Å²) < 4.78 is 10.0. The Kier molecular flexibility index (Phi) is 6.88. The van der Waals surface area contributed by atoms with E-state index in [0.717, 1.165) is 11.3 Å². The van der Waals surface area contributed by atoms with E-state index in [2.05, 4.69) is 5.92 Å². The van der Waals surface area contributed by atoms with E-state index < -0.39 is 17.7 Å². The summed E-state index contributed by atoms with van der Waals surface area (Å²) in [5, 5.41) is 0. The van der Waals surface area contributed by atoms with Gasteiger partial charge in [-0.15, -0.1) is 6.42 Å². The molecule has 5 nitrogen and oxygen atoms in total. The fourth-order valence-corrected chi connectivity index (χ4v) is 1.04. The number of hydrogen-bond donors (Lipinski definition) is 0. The highest BCUT2D eigenvalue weighted by Gasteiger charge is 2.23. The molecule has 0 atom stereocenters. The van der Waals surface area contributed by atoms with E-state index in [-0.39, 0.29) is 13.1 Å². The van der Waals surface area contributed by atoms with Crippen LogP contribution in [0.25, 0.3) is 0 Å². The minimum Gasteiger partial charge on any atom is -0.464 e. The zero-order chi connectivity index (χ0) is 14.2. The second kappa shape index (κ2) is 7.59. The minimum atomic E-state index is -0.628. The summed E-state index contributed by atoms with van der Waals surface area (Å²) in [6, 6.07) is 0. The van der Waals surface area contributed by atoms with Crippen LogP contribution >= 0.6 is 0 Å². The minimum absolute atomic E-state index is 0.0101. The van der Waals surface area contributed by atoms with Crippen LogP contribution in [0.3, 0.4) is 0 Å². The molecular formula is C13H21NO4. The zero-order valence-corrected chi connectivity index (χ0v) is 11.5. The van der Waals surface area contributed by atoms with Gasteiger partial charge >= 0.3 is 12.1 Å². The highest BCUT2D eigenvalue weighted by atomic mass is 16.6. The zero-order valence-electron chi connectivity index (χ0n) is 11.5. The van der Waals surface area contributed by atoms with Gasteiger partial charge in [0.15, 0.2) is 0 Å². The van der Waals surface area contributed by atoms with E-state index in [9.17, 15) is 9.59 Å². The Balaban J connectivity index is 4.43. The van der Waals surface area contributed by atoms with Crippen molar-refractivity contribution in [3.8, 4) is 12.3 Å². The van der Waals surface area contributed by atoms with Crippen molar-refractivity contribution in [3.05, 3.63) is 0 Å². The molecular weight excluding hydrogens is 234 g/mol. The predicted octanol–water partition coefficient (Wildman–Crippen LogP) is 1.81. The van der Waals surface area contributed by atoms with Crippen LogP contribution in [0.2, 0.25) is 0 Å². The molecule has 0 radical (unpaired) electrons. The van der Waals surface area contributed by atoms with Gasteiger partial charge in [-0.1, -0.05) is 12.8 Å². The third-order valence-corrected chi connectivity index (χ3v) is 1.72. The molecule has 5 heteroatoms. The molecule has 0 bridgehead atoms. The van der Waals surface area contributed by atoms with Gasteiger partial charge in [0.2, 0.25) is 0 Å². The molecule has 0 heterocycles. The fourth-order valence-electron chi connectivity index (χ4n) is 1.04. The van der Waals surface area contributed by atoms with E-state index in [4.69, 9.17) is 15.9 Å². The van der Waals surface area contributed by atoms with Gasteiger partial charge in [0, 0.05) is 0 Å². The van der Waals surface area contributed by atoms with Crippen molar-refractivity contribution >= 4 is 12.1 Å². The Morgan fingerprint density at radius 1 is 1.33 bits per heavy atom. The number of ether oxygens (including phenoxy) is 2. The first-order chi connectivity index (χ1) is 8.30. The topological polar surface area (TPSA) is 55.8 Å². The number of carbonyl (C=O) groups excluding carboxylic acids is 2. The fraction of sp³-hybridized carbons (Fsp3) is 0.692. The molecule has 18 heavy (non-hydrogen) atoms. The first-order valence-electron chi connectivity index (χ1n) is 5.87. The van der Waals surface area contributed by atoms with Crippen LogP contribution in [0.15, 0.2) is 0 Å². The maximum Gasteiger partial charge on any atom is 0.411 e. The van der Waals surface area contributed by atoms with E-state index in [1.165, 1.54) is 0 Å². The van der Waals surface area contributed by atoms with Gasteiger partial charge in [0.05, 0.1) is 13.2 Å². The number of terminal acetylenes is 1. The predicted molar refractivity (Wildman–Crippen MR) is 67.9 cm³/mol. The highest BCUT2D eigenvalue weighted by Crippen LogP contribution is 2.09. The van der Waals surface area contributed by atoms with Gasteiger partial charge < -0.3 is 9.47 Å². The van der Waals surface area contributed by atoms with Gasteiger partial charge in [0.1, 0.15) is 12.1 Å². The second-order valence-electron chi connectivity index (χ2n) is 4.76. The number of rotatable bonds is 5. The van der Waals surface area contributed by atoms with Crippen molar-refractivity contribution in [2.75, 3.05) is 19.7 Å². The lowest BCUT2D eigenvalue weighted by Crippen LogP contribution is -2.40. The van der Waals surface area contributed by atoms with Crippen molar-refractivity contribution in [1.29, 1.82) is 0 Å². The maximum absolute atomic E-state index is 11.8. The molecule has 0 saturated carbocycles. The smallest absolute Gasteiger partial charge is 0.411 e. The average molecular weight is 255 g/mol. The Labute approximate surface area is 108 Å². The molecule has 0 aromatic rings. The first kappa shape index (κ1) is 16.3. The lowest BCUT2D eigenvalue weighted by molar-refractivity contribution is -0.144. The third kappa shape index (κ3) is 7.55. The molecule has 0 saturated heterocycles. The highest BCUT2D eigenvalue weighted by molar-refractivity contribution is 5.78. The Bertz CT molecular complexity index is 325. The van der Waals surface area contributed by atoms with Crippen molar-refractivity contribution in [3.63, 3.8) is 0 Å². The molecule has 0 aliphatic carbocycles. The summed E-state index contributed by atoms with van der Waals surface area (Å²) in [6.07, 6.45) is 5.27. The van der Waals surface area contributed by atoms with E-state index in [1.54, 1.807) is 20.8 Å². The van der Waals surface area contributed by atoms with Gasteiger partial charge in [-0.3, -0.25) is 9.69 Å². The molecule has 0 aromatic heterocycles. The normalized spacial score (nSPS) is 10.4. The van der Waals surface area contributed by atoms with Crippen molar-refractivity contribution < 1.29 is 19.1 Å². The quantitative estimate of drug-likeness (QED) is 0.555. The summed E-state index contributed by atoms with van der Waals surface area (Å²) in [5.74, 6) is 1.83. The van der Waals surface area contributed by atoms with Crippen LogP contribution in [0, 0.1) is 12.3 Å². The number of carbonyl (C=O) groups is 2. The molecule has 0 unspecified atom stereocenters. The molecule has 102 valence electrons. The number of nitrogens with zero attached hydrogens (tertiary/aromatic N) is 1. The van der Waals surface area contributed by atoms with Gasteiger partial charge in [-0.25, -0.2) is 4.79 Å². The summed E-state index contributed by atoms with van der Waals surface area (Å²) in [6.45, 7) is 7.27. The number of amides is 1. The summed E-state index contributed by atoms with van der Waals surface area (Å²) in [7, 11) is 0. The Morgan fingerprint density at radius 2 is 1.94 bits per heavy atom. The third-order valence-electron chi connectivity index (χ3n) is 1.72.